The first-order valence-electron chi connectivity index (χ1n) is 7.96. The number of nitrogens with two attached hydrogens (primary N) is 1. The van der Waals surface area contributed by atoms with E-state index in [0.717, 1.165) is 10.0 Å². The predicted molar refractivity (Wildman–Crippen MR) is 94.7 cm³/mol. The Morgan fingerprint density at radius 3 is 2.52 bits per heavy atom. The predicted octanol–water partition coefficient (Wildman–Crippen LogP) is 3.18. The highest BCUT2D eigenvalue weighted by molar-refractivity contribution is 7.90. The lowest BCUT2D eigenvalue weighted by atomic mass is 10.1. The minimum absolute atomic E-state index is 0.0274. The summed E-state index contributed by atoms with van der Waals surface area (Å²) >= 11 is 0. The van der Waals surface area contributed by atoms with Crippen LogP contribution in [-0.2, 0) is 21.2 Å². The quantitative estimate of drug-likeness (QED) is 0.719. The molecule has 3 aromatic rings. The second-order valence-corrected chi connectivity index (χ2v) is 7.82. The van der Waals surface area contributed by atoms with Gasteiger partial charge in [-0.25, -0.2) is 26.0 Å². The van der Waals surface area contributed by atoms with Crippen LogP contribution in [0.5, 0.6) is 0 Å². The van der Waals surface area contributed by atoms with Gasteiger partial charge in [-0.1, -0.05) is 18.2 Å². The lowest BCUT2D eigenvalue weighted by molar-refractivity contribution is 0.116. The molecule has 1 amide bonds. The summed E-state index contributed by atoms with van der Waals surface area (Å²) < 4.78 is 59.8. The second-order valence-electron chi connectivity index (χ2n) is 6.00. The molecule has 0 saturated carbocycles. The normalized spacial score (nSPS) is 12.9. The number of carbonyl (C=O) groups excluding carboxylic acids is 1. The number of ether oxygens (including phenoxy) is 1. The van der Waals surface area contributed by atoms with E-state index in [1.807, 2.05) is 0 Å². The number of hydrogen-bond acceptors (Lipinski definition) is 4. The lowest BCUT2D eigenvalue weighted by Gasteiger charge is -2.10. The van der Waals surface area contributed by atoms with Crippen molar-refractivity contribution in [3.05, 3.63) is 65.9 Å². The second kappa shape index (κ2) is 6.99. The summed E-state index contributed by atoms with van der Waals surface area (Å²) in [5.74, 6) is -1.86. The van der Waals surface area contributed by atoms with E-state index in [4.69, 9.17) is 10.5 Å². The van der Waals surface area contributed by atoms with E-state index in [1.165, 1.54) is 37.4 Å². The van der Waals surface area contributed by atoms with E-state index < -0.39 is 33.9 Å². The third-order valence-corrected chi connectivity index (χ3v) is 5.67. The number of rotatable bonds is 5. The zero-order valence-corrected chi connectivity index (χ0v) is 15.0. The van der Waals surface area contributed by atoms with Crippen LogP contribution in [0.1, 0.15) is 12.5 Å². The molecule has 2 aromatic carbocycles. The van der Waals surface area contributed by atoms with Crippen molar-refractivity contribution in [2.45, 2.75) is 24.3 Å². The molecule has 0 saturated heterocycles. The first-order valence-corrected chi connectivity index (χ1v) is 9.40. The van der Waals surface area contributed by atoms with Crippen LogP contribution in [0.4, 0.5) is 13.6 Å². The Morgan fingerprint density at radius 1 is 1.22 bits per heavy atom. The highest BCUT2D eigenvalue weighted by Gasteiger charge is 2.25. The van der Waals surface area contributed by atoms with Crippen LogP contribution in [0.2, 0.25) is 0 Å². The van der Waals surface area contributed by atoms with Gasteiger partial charge >= 0.3 is 6.09 Å². The van der Waals surface area contributed by atoms with E-state index in [9.17, 15) is 22.0 Å². The molecule has 1 unspecified atom stereocenters. The van der Waals surface area contributed by atoms with Crippen molar-refractivity contribution in [1.82, 2.24) is 3.97 Å². The zero-order valence-electron chi connectivity index (χ0n) is 14.2. The van der Waals surface area contributed by atoms with Crippen molar-refractivity contribution < 1.29 is 26.7 Å². The number of aromatic nitrogens is 1. The number of benzene rings is 2. The first-order chi connectivity index (χ1) is 12.7. The van der Waals surface area contributed by atoms with Crippen molar-refractivity contribution in [1.29, 1.82) is 0 Å². The number of primary amides is 1. The highest BCUT2D eigenvalue weighted by atomic mass is 32.2. The minimum atomic E-state index is -4.12. The fraction of sp³-hybridized carbons (Fsp3) is 0.167. The molecular weight excluding hydrogens is 378 g/mol. The van der Waals surface area contributed by atoms with Gasteiger partial charge in [-0.05, 0) is 30.7 Å². The van der Waals surface area contributed by atoms with Gasteiger partial charge in [0, 0.05) is 24.1 Å². The van der Waals surface area contributed by atoms with Crippen LogP contribution in [0.25, 0.3) is 10.9 Å². The summed E-state index contributed by atoms with van der Waals surface area (Å²) in [4.78, 5) is 10.9. The van der Waals surface area contributed by atoms with Gasteiger partial charge in [0.05, 0.1) is 4.90 Å². The summed E-state index contributed by atoms with van der Waals surface area (Å²) in [6.07, 6.45) is -0.483. The van der Waals surface area contributed by atoms with Crippen molar-refractivity contribution in [2.24, 2.45) is 5.73 Å². The van der Waals surface area contributed by atoms with Crippen LogP contribution in [-0.4, -0.2) is 24.6 Å². The molecule has 9 heteroatoms. The number of halogens is 2. The van der Waals surface area contributed by atoms with Gasteiger partial charge in [0.25, 0.3) is 10.0 Å². The minimum Gasteiger partial charge on any atom is -0.446 e. The molecule has 142 valence electrons. The maximum absolute atomic E-state index is 14.5. The highest BCUT2D eigenvalue weighted by Crippen LogP contribution is 2.30. The lowest BCUT2D eigenvalue weighted by Crippen LogP contribution is -2.21. The van der Waals surface area contributed by atoms with Gasteiger partial charge in [-0.3, -0.25) is 0 Å². The number of fused-ring (bicyclic) bond motifs is 1. The molecule has 6 nitrogen and oxygen atoms in total. The fourth-order valence-electron chi connectivity index (χ4n) is 2.92. The average molecular weight is 394 g/mol. The Kier molecular flexibility index (Phi) is 4.88. The molecule has 1 aromatic heterocycles. The molecule has 0 aliphatic carbocycles. The van der Waals surface area contributed by atoms with Crippen molar-refractivity contribution in [3.63, 3.8) is 0 Å². The Labute approximate surface area is 154 Å². The molecule has 0 radical (unpaired) electrons. The number of nitrogens with zero attached hydrogens (tertiary/aromatic N) is 1. The van der Waals surface area contributed by atoms with Gasteiger partial charge in [0.15, 0.2) is 5.82 Å². The molecule has 0 fully saturated rings. The van der Waals surface area contributed by atoms with E-state index in [-0.39, 0.29) is 22.2 Å². The summed E-state index contributed by atoms with van der Waals surface area (Å²) in [6, 6.07) is 9.14. The number of hydrogen-bond donors (Lipinski definition) is 1. The third kappa shape index (κ3) is 3.63. The summed E-state index contributed by atoms with van der Waals surface area (Å²) in [5, 5.41) is 0.0759. The molecule has 0 aliphatic heterocycles. The number of amides is 1. The summed E-state index contributed by atoms with van der Waals surface area (Å²) in [6.45, 7) is 1.54. The maximum Gasteiger partial charge on any atom is 0.404 e. The van der Waals surface area contributed by atoms with Gasteiger partial charge < -0.3 is 10.5 Å². The molecular formula is C18H16F2N2O4S. The first kappa shape index (κ1) is 18.8. The molecule has 3 rings (SSSR count). The smallest absolute Gasteiger partial charge is 0.404 e. The summed E-state index contributed by atoms with van der Waals surface area (Å²) in [7, 11) is -4.12. The maximum atomic E-state index is 14.5. The molecule has 0 spiro atoms. The standard InChI is InChI=1S/C18H16F2N2O4S/c1-11(26-18(21)23)7-12-10-22(17-15(12)8-13(19)9-16(17)20)27(24,25)14-5-3-2-4-6-14/h2-6,8-11H,7H2,1H3,(H2,21,23). The fourth-order valence-corrected chi connectivity index (χ4v) is 4.34. The Morgan fingerprint density at radius 2 is 1.89 bits per heavy atom. The topological polar surface area (TPSA) is 91.4 Å². The zero-order chi connectivity index (χ0) is 19.8. The van der Waals surface area contributed by atoms with E-state index in [1.54, 1.807) is 6.07 Å². The Hall–Kier alpha value is -2.94. The molecule has 2 N–H and O–H groups in total. The van der Waals surface area contributed by atoms with Crippen molar-refractivity contribution in [3.8, 4) is 0 Å². The summed E-state index contributed by atoms with van der Waals surface area (Å²) in [5.41, 5.74) is 5.00. The largest absolute Gasteiger partial charge is 0.446 e. The van der Waals surface area contributed by atoms with Crippen LogP contribution in [0.15, 0.2) is 53.6 Å². The number of carbonyl (C=O) groups is 1. The molecule has 0 bridgehead atoms. The Balaban J connectivity index is 2.21. The van der Waals surface area contributed by atoms with Crippen LogP contribution >= 0.6 is 0 Å². The monoisotopic (exact) mass is 394 g/mol. The Bertz CT molecular complexity index is 1110. The van der Waals surface area contributed by atoms with E-state index >= 15 is 0 Å². The molecule has 1 atom stereocenters. The van der Waals surface area contributed by atoms with E-state index in [2.05, 4.69) is 0 Å². The molecule has 0 aliphatic rings. The van der Waals surface area contributed by atoms with Crippen LogP contribution in [0, 0.1) is 11.6 Å². The van der Waals surface area contributed by atoms with Crippen molar-refractivity contribution in [2.75, 3.05) is 0 Å². The SMILES string of the molecule is CC(Cc1cn(S(=O)(=O)c2ccccc2)c2c(F)cc(F)cc12)OC(N)=O. The van der Waals surface area contributed by atoms with Gasteiger partial charge in [0.1, 0.15) is 17.4 Å². The van der Waals surface area contributed by atoms with Gasteiger partial charge in [-0.15, -0.1) is 0 Å². The van der Waals surface area contributed by atoms with Gasteiger partial charge in [0.2, 0.25) is 0 Å². The molecule has 1 heterocycles. The van der Waals surface area contributed by atoms with Crippen LogP contribution < -0.4 is 5.73 Å². The van der Waals surface area contributed by atoms with Gasteiger partial charge in [-0.2, -0.15) is 0 Å². The third-order valence-electron chi connectivity index (χ3n) is 3.99. The molecule has 27 heavy (non-hydrogen) atoms. The average Bonchev–Trinajstić information content (AvgIpc) is 2.94. The van der Waals surface area contributed by atoms with Crippen LogP contribution in [0.3, 0.4) is 0 Å². The van der Waals surface area contributed by atoms with Crippen molar-refractivity contribution >= 4 is 27.0 Å². The van der Waals surface area contributed by atoms with E-state index in [0.29, 0.717) is 11.6 Å².